The van der Waals surface area contributed by atoms with Crippen molar-refractivity contribution in [2.45, 2.75) is 13.8 Å². The molecule has 0 amide bonds. The van der Waals surface area contributed by atoms with Crippen LogP contribution in [0.4, 0.5) is 11.4 Å². The first kappa shape index (κ1) is 10.8. The maximum Gasteiger partial charge on any atom is 0.293 e. The van der Waals surface area contributed by atoms with Gasteiger partial charge in [0.15, 0.2) is 0 Å². The first-order chi connectivity index (χ1) is 6.56. The lowest BCUT2D eigenvalue weighted by atomic mass is 10.1. The molecule has 0 aliphatic rings. The third kappa shape index (κ3) is 2.13. The van der Waals surface area contributed by atoms with Crippen molar-refractivity contribution >= 4 is 19.4 Å². The van der Waals surface area contributed by atoms with Gasteiger partial charge >= 0.3 is 0 Å². The number of aryl methyl sites for hydroxylation is 2. The zero-order valence-corrected chi connectivity index (χ0v) is 9.07. The Bertz CT molecular complexity index is 335. The molecule has 1 aromatic rings. The Morgan fingerprint density at radius 2 is 1.64 bits per heavy atom. The molecule has 0 atom stereocenters. The van der Waals surface area contributed by atoms with E-state index in [9.17, 15) is 0 Å². The highest BCUT2D eigenvalue weighted by molar-refractivity contribution is 6.05. The fourth-order valence-electron chi connectivity index (χ4n) is 1.41. The third-order valence-corrected chi connectivity index (χ3v) is 2.15. The fraction of sp³-hybridized carbons (Fsp3) is 0.400. The first-order valence-electron chi connectivity index (χ1n) is 4.45. The normalized spacial score (nSPS) is 10.9. The summed E-state index contributed by atoms with van der Waals surface area (Å²) in [5.41, 5.74) is 4.19. The quantitative estimate of drug-likeness (QED) is 0.516. The second-order valence-electron chi connectivity index (χ2n) is 3.54. The van der Waals surface area contributed by atoms with Crippen LogP contribution in [0.1, 0.15) is 11.1 Å². The van der Waals surface area contributed by atoms with E-state index in [0.29, 0.717) is 0 Å². The van der Waals surface area contributed by atoms with Crippen LogP contribution in [0.2, 0.25) is 0 Å². The number of nitrogens with zero attached hydrogens (tertiary/aromatic N) is 3. The molecule has 72 valence electrons. The molecule has 2 radical (unpaired) electrons. The Morgan fingerprint density at radius 3 is 2.00 bits per heavy atom. The number of anilines is 1. The zero-order chi connectivity index (χ0) is 10.7. The van der Waals surface area contributed by atoms with Gasteiger partial charge in [0.05, 0.1) is 5.69 Å². The highest BCUT2D eigenvalue weighted by Gasteiger charge is 2.04. The Balaban J connectivity index is 3.25. The van der Waals surface area contributed by atoms with Crippen LogP contribution in [0.25, 0.3) is 0 Å². The molecule has 0 fully saturated rings. The van der Waals surface area contributed by atoms with E-state index in [1.807, 2.05) is 27.9 Å². The van der Waals surface area contributed by atoms with E-state index < -0.39 is 0 Å². The Hall–Kier alpha value is -1.32. The summed E-state index contributed by atoms with van der Waals surface area (Å²) in [5.74, 6) is 0. The van der Waals surface area contributed by atoms with Crippen molar-refractivity contribution in [1.82, 2.24) is 0 Å². The molecule has 1 aromatic carbocycles. The summed E-state index contributed by atoms with van der Waals surface area (Å²) in [6, 6.07) is 4.13. The molecule has 0 saturated heterocycles. The molecule has 4 heteroatoms. The molecular weight excluding hydrogens is 173 g/mol. The maximum atomic E-state index is 5.04. The number of rotatable bonds is 2. The van der Waals surface area contributed by atoms with Gasteiger partial charge in [-0.25, -0.2) is 0 Å². The largest absolute Gasteiger partial charge is 0.378 e. The van der Waals surface area contributed by atoms with E-state index in [2.05, 4.69) is 27.2 Å². The van der Waals surface area contributed by atoms with E-state index >= 15 is 0 Å². The molecule has 0 spiro atoms. The standard InChI is InChI=1S/C10H14BN3/c1-7-5-9(14(3)4)6-8(2)10(7)12-13-11/h5-6H,1-4H3. The summed E-state index contributed by atoms with van der Waals surface area (Å²) in [6.45, 7) is 4.01. The van der Waals surface area contributed by atoms with Crippen molar-refractivity contribution in [3.63, 3.8) is 0 Å². The van der Waals surface area contributed by atoms with Crippen molar-refractivity contribution in [3.05, 3.63) is 23.3 Å². The molecular formula is C10H14BN3. The molecule has 0 saturated carbocycles. The molecule has 3 nitrogen and oxygen atoms in total. The highest BCUT2D eigenvalue weighted by atomic mass is 15.1. The van der Waals surface area contributed by atoms with E-state index in [0.717, 1.165) is 22.5 Å². The highest BCUT2D eigenvalue weighted by Crippen LogP contribution is 2.28. The van der Waals surface area contributed by atoms with Crippen LogP contribution in [0.5, 0.6) is 0 Å². The molecule has 0 unspecified atom stereocenters. The Labute approximate surface area is 86.3 Å². The van der Waals surface area contributed by atoms with Gasteiger partial charge in [-0.3, -0.25) is 5.03 Å². The Morgan fingerprint density at radius 1 is 1.14 bits per heavy atom. The predicted molar refractivity (Wildman–Crippen MR) is 60.5 cm³/mol. The van der Waals surface area contributed by atoms with Crippen molar-refractivity contribution < 1.29 is 0 Å². The van der Waals surface area contributed by atoms with Gasteiger partial charge in [-0.15, -0.1) is 0 Å². The molecule has 1 rings (SSSR count). The van der Waals surface area contributed by atoms with Crippen LogP contribution in [-0.4, -0.2) is 22.1 Å². The van der Waals surface area contributed by atoms with Gasteiger partial charge in [0, 0.05) is 19.8 Å². The minimum absolute atomic E-state index is 0.859. The van der Waals surface area contributed by atoms with Gasteiger partial charge in [0.1, 0.15) is 0 Å². The van der Waals surface area contributed by atoms with E-state index in [1.165, 1.54) is 0 Å². The van der Waals surface area contributed by atoms with Crippen molar-refractivity contribution in [1.29, 1.82) is 0 Å². The van der Waals surface area contributed by atoms with Crippen LogP contribution in [0.15, 0.2) is 22.3 Å². The van der Waals surface area contributed by atoms with E-state index in [-0.39, 0.29) is 0 Å². The van der Waals surface area contributed by atoms with Gasteiger partial charge in [0.2, 0.25) is 0 Å². The molecule has 0 aromatic heterocycles. The maximum absolute atomic E-state index is 5.04. The van der Waals surface area contributed by atoms with Crippen LogP contribution in [-0.2, 0) is 0 Å². The van der Waals surface area contributed by atoms with Crippen molar-refractivity contribution in [2.75, 3.05) is 19.0 Å². The van der Waals surface area contributed by atoms with Crippen molar-refractivity contribution in [2.24, 2.45) is 10.1 Å². The van der Waals surface area contributed by atoms with Crippen LogP contribution >= 0.6 is 0 Å². The minimum Gasteiger partial charge on any atom is -0.378 e. The zero-order valence-electron chi connectivity index (χ0n) is 9.07. The lowest BCUT2D eigenvalue weighted by Gasteiger charge is -2.15. The monoisotopic (exact) mass is 187 g/mol. The van der Waals surface area contributed by atoms with Gasteiger partial charge in [-0.05, 0) is 37.1 Å². The SMILES string of the molecule is [B]N=Nc1c(C)cc(N(C)C)cc1C. The number of hydrogen-bond donors (Lipinski definition) is 0. The molecule has 0 bridgehead atoms. The molecule has 0 aliphatic heterocycles. The molecule has 0 aliphatic carbocycles. The van der Waals surface area contributed by atoms with Crippen LogP contribution < -0.4 is 4.90 Å². The first-order valence-corrected chi connectivity index (χ1v) is 4.45. The number of hydrogen-bond acceptors (Lipinski definition) is 3. The smallest absolute Gasteiger partial charge is 0.293 e. The lowest BCUT2D eigenvalue weighted by molar-refractivity contribution is 1.12. The molecule has 0 N–H and O–H groups in total. The summed E-state index contributed by atoms with van der Waals surface area (Å²) in [5, 5.41) is 7.20. The van der Waals surface area contributed by atoms with Gasteiger partial charge in [-0.1, -0.05) is 0 Å². The summed E-state index contributed by atoms with van der Waals surface area (Å²) in [6.07, 6.45) is 0. The second kappa shape index (κ2) is 4.27. The second-order valence-corrected chi connectivity index (χ2v) is 3.54. The molecule has 0 heterocycles. The predicted octanol–water partition coefficient (Wildman–Crippen LogP) is 2.54. The van der Waals surface area contributed by atoms with Crippen LogP contribution in [0.3, 0.4) is 0 Å². The summed E-state index contributed by atoms with van der Waals surface area (Å²) >= 11 is 0. The lowest BCUT2D eigenvalue weighted by Crippen LogP contribution is -2.08. The van der Waals surface area contributed by atoms with Gasteiger partial charge < -0.3 is 4.90 Å². The summed E-state index contributed by atoms with van der Waals surface area (Å²) in [4.78, 5) is 2.06. The van der Waals surface area contributed by atoms with E-state index in [1.54, 1.807) is 0 Å². The van der Waals surface area contributed by atoms with Crippen molar-refractivity contribution in [3.8, 4) is 0 Å². The molecule has 14 heavy (non-hydrogen) atoms. The van der Waals surface area contributed by atoms with Crippen LogP contribution in [0, 0.1) is 13.8 Å². The third-order valence-electron chi connectivity index (χ3n) is 2.15. The average Bonchev–Trinajstić information content (AvgIpc) is 2.10. The topological polar surface area (TPSA) is 28.0 Å². The number of benzene rings is 1. The van der Waals surface area contributed by atoms with Gasteiger partial charge in [0.25, 0.3) is 7.98 Å². The Kier molecular flexibility index (Phi) is 3.28. The summed E-state index contributed by atoms with van der Waals surface area (Å²) in [7, 11) is 9.07. The van der Waals surface area contributed by atoms with Gasteiger partial charge in [-0.2, -0.15) is 5.11 Å². The summed E-state index contributed by atoms with van der Waals surface area (Å²) < 4.78 is 0. The average molecular weight is 187 g/mol. The van der Waals surface area contributed by atoms with E-state index in [4.69, 9.17) is 7.98 Å². The minimum atomic E-state index is 0.859. The fourth-order valence-corrected chi connectivity index (χ4v) is 1.41.